The molecule has 0 spiro atoms. The summed E-state index contributed by atoms with van der Waals surface area (Å²) in [5, 5.41) is 26.7. The summed E-state index contributed by atoms with van der Waals surface area (Å²) in [6.45, 7) is 1.13. The van der Waals surface area contributed by atoms with Gasteiger partial charge in [-0.2, -0.15) is 5.26 Å². The van der Waals surface area contributed by atoms with Crippen molar-refractivity contribution in [3.63, 3.8) is 0 Å². The zero-order valence-corrected chi connectivity index (χ0v) is 22.8. The lowest BCUT2D eigenvalue weighted by Gasteiger charge is -2.09. The minimum Gasteiger partial charge on any atom is -0.494 e. The smallest absolute Gasteiger partial charge is 0.317 e. The van der Waals surface area contributed by atoms with Crippen LogP contribution in [0.5, 0.6) is 11.5 Å². The van der Waals surface area contributed by atoms with Crippen LogP contribution < -0.4 is 9.47 Å². The third-order valence-corrected chi connectivity index (χ3v) is 6.78. The van der Waals surface area contributed by atoms with Gasteiger partial charge in [-0.25, -0.2) is 0 Å². The number of hydrogen-bond acceptors (Lipinski definition) is 5. The van der Waals surface area contributed by atoms with Gasteiger partial charge in [0.1, 0.15) is 18.1 Å². The van der Waals surface area contributed by atoms with Gasteiger partial charge in [0.2, 0.25) is 0 Å². The summed E-state index contributed by atoms with van der Waals surface area (Å²) >= 11 is 0. The van der Waals surface area contributed by atoms with E-state index in [0.29, 0.717) is 25.2 Å². The molecule has 40 heavy (non-hydrogen) atoms. The average Bonchev–Trinajstić information content (AvgIpc) is 2.97. The lowest BCUT2D eigenvalue weighted by molar-refractivity contribution is -0.154. The van der Waals surface area contributed by atoms with Crippen LogP contribution in [-0.2, 0) is 16.2 Å². The fraction of sp³-hybridized carbons (Fsp3) is 0.364. The fourth-order valence-electron chi connectivity index (χ4n) is 4.38. The number of carbonyl (C=O) groups is 2. The van der Waals surface area contributed by atoms with Crippen LogP contribution in [0.1, 0.15) is 68.9 Å². The molecule has 3 rings (SSSR count). The van der Waals surface area contributed by atoms with E-state index in [4.69, 9.17) is 24.9 Å². The van der Waals surface area contributed by atoms with Gasteiger partial charge in [0.15, 0.2) is 5.92 Å². The number of unbranched alkanes of at least 4 members (excludes halogenated alkanes) is 7. The van der Waals surface area contributed by atoms with Crippen molar-refractivity contribution < 1.29 is 29.3 Å². The van der Waals surface area contributed by atoms with E-state index in [1.807, 2.05) is 48.5 Å². The predicted octanol–water partition coefficient (Wildman–Crippen LogP) is 7.48. The van der Waals surface area contributed by atoms with Crippen LogP contribution in [0.3, 0.4) is 0 Å². The van der Waals surface area contributed by atoms with Crippen LogP contribution in [0.4, 0.5) is 0 Å². The van der Waals surface area contributed by atoms with Crippen molar-refractivity contribution >= 4 is 11.9 Å². The molecule has 7 nitrogen and oxygen atoms in total. The molecule has 0 saturated heterocycles. The van der Waals surface area contributed by atoms with Gasteiger partial charge in [-0.3, -0.25) is 9.59 Å². The standard InChI is InChI=1S/C33H37NO6/c34-23-25-10-12-26(13-11-25)24-40-30-20-16-28(17-21-30)27-14-18-29(19-15-27)39-22-8-6-4-2-1-3-5-7-9-31(32(35)36)33(37)38/h10-21,31H,1-9,22,24H2,(H,35,36)(H,37,38). The van der Waals surface area contributed by atoms with Crippen molar-refractivity contribution in [2.24, 2.45) is 5.92 Å². The highest BCUT2D eigenvalue weighted by Crippen LogP contribution is 2.25. The van der Waals surface area contributed by atoms with E-state index >= 15 is 0 Å². The third kappa shape index (κ3) is 10.5. The lowest BCUT2D eigenvalue weighted by Crippen LogP contribution is -2.23. The van der Waals surface area contributed by atoms with E-state index in [9.17, 15) is 9.59 Å². The highest BCUT2D eigenvalue weighted by atomic mass is 16.5. The Morgan fingerprint density at radius 3 is 1.62 bits per heavy atom. The molecule has 0 radical (unpaired) electrons. The van der Waals surface area contributed by atoms with Crippen molar-refractivity contribution in [3.8, 4) is 28.7 Å². The number of nitrogens with zero attached hydrogens (tertiary/aromatic N) is 1. The van der Waals surface area contributed by atoms with Crippen LogP contribution in [-0.4, -0.2) is 28.8 Å². The van der Waals surface area contributed by atoms with E-state index in [1.165, 1.54) is 0 Å². The monoisotopic (exact) mass is 543 g/mol. The van der Waals surface area contributed by atoms with E-state index in [2.05, 4.69) is 18.2 Å². The summed E-state index contributed by atoms with van der Waals surface area (Å²) in [7, 11) is 0. The summed E-state index contributed by atoms with van der Waals surface area (Å²) in [4.78, 5) is 21.7. The number of aliphatic carboxylic acids is 2. The zero-order valence-electron chi connectivity index (χ0n) is 22.8. The molecule has 0 aliphatic heterocycles. The van der Waals surface area contributed by atoms with Gasteiger partial charge in [0.05, 0.1) is 18.2 Å². The molecule has 0 aliphatic rings. The molecule has 0 atom stereocenters. The summed E-state index contributed by atoms with van der Waals surface area (Å²) in [5.41, 5.74) is 3.85. The normalized spacial score (nSPS) is 10.7. The molecule has 3 aromatic rings. The molecule has 0 heterocycles. The van der Waals surface area contributed by atoms with Gasteiger partial charge in [-0.15, -0.1) is 0 Å². The summed E-state index contributed by atoms with van der Waals surface area (Å²) in [5.74, 6) is -2.14. The van der Waals surface area contributed by atoms with Gasteiger partial charge < -0.3 is 19.7 Å². The summed E-state index contributed by atoms with van der Waals surface area (Å²) < 4.78 is 11.8. The molecule has 0 saturated carbocycles. The largest absolute Gasteiger partial charge is 0.494 e. The highest BCUT2D eigenvalue weighted by Gasteiger charge is 2.24. The topological polar surface area (TPSA) is 117 Å². The maximum atomic E-state index is 10.9. The Hall–Kier alpha value is -4.31. The number of ether oxygens (including phenoxy) is 2. The second-order valence-corrected chi connectivity index (χ2v) is 9.84. The molecule has 0 aliphatic carbocycles. The quantitative estimate of drug-likeness (QED) is 0.126. The number of rotatable bonds is 18. The van der Waals surface area contributed by atoms with E-state index in [0.717, 1.165) is 73.1 Å². The van der Waals surface area contributed by atoms with Crippen molar-refractivity contribution in [2.45, 2.75) is 64.4 Å². The first-order valence-corrected chi connectivity index (χ1v) is 13.9. The molecular weight excluding hydrogens is 506 g/mol. The first-order chi connectivity index (χ1) is 19.5. The summed E-state index contributed by atoms with van der Waals surface area (Å²) in [6.07, 6.45) is 8.12. The Kier molecular flexibility index (Phi) is 12.6. The van der Waals surface area contributed by atoms with Crippen LogP contribution in [0.15, 0.2) is 72.8 Å². The Labute approximate surface area is 236 Å². The number of nitriles is 1. The number of carboxylic acids is 2. The van der Waals surface area contributed by atoms with Crippen LogP contribution in [0.2, 0.25) is 0 Å². The SMILES string of the molecule is N#Cc1ccc(COc2ccc(-c3ccc(OCCCCCCCCCCC(C(=O)O)C(=O)O)cc3)cc2)cc1. The second kappa shape index (κ2) is 16.6. The summed E-state index contributed by atoms with van der Waals surface area (Å²) in [6, 6.07) is 25.6. The average molecular weight is 544 g/mol. The molecule has 0 unspecified atom stereocenters. The first-order valence-electron chi connectivity index (χ1n) is 13.9. The van der Waals surface area contributed by atoms with E-state index in [1.54, 1.807) is 12.1 Å². The number of benzene rings is 3. The molecule has 0 bridgehead atoms. The van der Waals surface area contributed by atoms with E-state index < -0.39 is 17.9 Å². The molecule has 0 aromatic heterocycles. The molecule has 0 fully saturated rings. The molecule has 0 amide bonds. The number of carboxylic acid groups (broad SMARTS) is 2. The van der Waals surface area contributed by atoms with Gasteiger partial charge in [0, 0.05) is 0 Å². The van der Waals surface area contributed by atoms with Crippen molar-refractivity contribution in [1.29, 1.82) is 5.26 Å². The maximum Gasteiger partial charge on any atom is 0.317 e. The van der Waals surface area contributed by atoms with Gasteiger partial charge >= 0.3 is 11.9 Å². The molecule has 7 heteroatoms. The zero-order chi connectivity index (χ0) is 28.6. The Morgan fingerprint density at radius 1 is 0.650 bits per heavy atom. The molecule has 2 N–H and O–H groups in total. The van der Waals surface area contributed by atoms with Crippen molar-refractivity contribution in [1.82, 2.24) is 0 Å². The minimum absolute atomic E-state index is 0.201. The number of hydrogen-bond donors (Lipinski definition) is 2. The predicted molar refractivity (Wildman–Crippen MR) is 153 cm³/mol. The maximum absolute atomic E-state index is 10.9. The van der Waals surface area contributed by atoms with Crippen LogP contribution in [0, 0.1) is 17.2 Å². The van der Waals surface area contributed by atoms with Crippen molar-refractivity contribution in [2.75, 3.05) is 6.61 Å². The molecule has 3 aromatic carbocycles. The van der Waals surface area contributed by atoms with Gasteiger partial charge in [-0.05, 0) is 65.9 Å². The fourth-order valence-corrected chi connectivity index (χ4v) is 4.38. The van der Waals surface area contributed by atoms with Crippen molar-refractivity contribution in [3.05, 3.63) is 83.9 Å². The Balaban J connectivity index is 1.26. The highest BCUT2D eigenvalue weighted by molar-refractivity contribution is 5.92. The lowest BCUT2D eigenvalue weighted by atomic mass is 10.0. The van der Waals surface area contributed by atoms with E-state index in [-0.39, 0.29) is 6.42 Å². The third-order valence-electron chi connectivity index (χ3n) is 6.78. The van der Waals surface area contributed by atoms with Gasteiger partial charge in [0.25, 0.3) is 0 Å². The molecule has 210 valence electrons. The second-order valence-electron chi connectivity index (χ2n) is 9.84. The van der Waals surface area contributed by atoms with Crippen LogP contribution in [0.25, 0.3) is 11.1 Å². The minimum atomic E-state index is -1.28. The van der Waals surface area contributed by atoms with Gasteiger partial charge in [-0.1, -0.05) is 81.3 Å². The molecular formula is C33H37NO6. The first kappa shape index (κ1) is 30.2. The Morgan fingerprint density at radius 2 is 1.12 bits per heavy atom. The van der Waals surface area contributed by atoms with Crippen LogP contribution >= 0.6 is 0 Å². The Bertz CT molecular complexity index is 1220.